The van der Waals surface area contributed by atoms with Crippen molar-refractivity contribution in [3.8, 4) is 0 Å². The smallest absolute Gasteiger partial charge is 0.341 e. The predicted octanol–water partition coefficient (Wildman–Crippen LogP) is 0.794. The average Bonchev–Trinajstić information content (AvgIpc) is 2.91. The normalized spacial score (nSPS) is 36.3. The highest BCUT2D eigenvalue weighted by Gasteiger charge is 2.49. The zero-order valence-corrected chi connectivity index (χ0v) is 13.1. The van der Waals surface area contributed by atoms with Gasteiger partial charge in [-0.05, 0) is 12.8 Å². The number of rotatable bonds is 5. The van der Waals surface area contributed by atoms with Crippen molar-refractivity contribution in [2.75, 3.05) is 19.7 Å². The zero-order chi connectivity index (χ0) is 15.8. The number of hydrogen-bond acceptors (Lipinski definition) is 5. The van der Waals surface area contributed by atoms with Crippen molar-refractivity contribution in [1.82, 2.24) is 0 Å². The number of hydroxylamine groups is 3. The van der Waals surface area contributed by atoms with E-state index in [9.17, 15) is 20.2 Å². The summed E-state index contributed by atoms with van der Waals surface area (Å²) < 4.78 is 5.12. The summed E-state index contributed by atoms with van der Waals surface area (Å²) >= 11 is 0. The summed E-state index contributed by atoms with van der Waals surface area (Å²) in [4.78, 5) is 12.2. The lowest BCUT2D eigenvalue weighted by Crippen LogP contribution is -2.53. The fourth-order valence-electron chi connectivity index (χ4n) is 3.82. The molecule has 2 N–H and O–H groups in total. The van der Waals surface area contributed by atoms with E-state index in [2.05, 4.69) is 0 Å². The second kappa shape index (κ2) is 5.83. The standard InChI is InChI=1S/C15H27NO5/c1-10(2)15(19,11(3)17)14(18)21-9-12-6-8-16(20)7-4-5-13(12)16/h10-13,17,19H,4-9H2,1-3H3/t11-,12-,13-,15+,16+/m0/s1. The number of hydrogen-bond donors (Lipinski definition) is 2. The monoisotopic (exact) mass is 301 g/mol. The Bertz CT molecular complexity index is 390. The van der Waals surface area contributed by atoms with E-state index in [4.69, 9.17) is 4.74 Å². The van der Waals surface area contributed by atoms with Crippen LogP contribution in [0.1, 0.15) is 40.0 Å². The van der Waals surface area contributed by atoms with Crippen molar-refractivity contribution in [3.05, 3.63) is 5.21 Å². The van der Waals surface area contributed by atoms with E-state index < -0.39 is 23.6 Å². The Kier molecular flexibility index (Phi) is 4.63. The molecular weight excluding hydrogens is 274 g/mol. The molecule has 0 unspecified atom stereocenters. The fourth-order valence-corrected chi connectivity index (χ4v) is 3.82. The van der Waals surface area contributed by atoms with Crippen LogP contribution in [0, 0.1) is 17.0 Å². The Hall–Kier alpha value is -0.690. The minimum Gasteiger partial charge on any atom is -0.633 e. The van der Waals surface area contributed by atoms with Gasteiger partial charge in [0.1, 0.15) is 6.61 Å². The van der Waals surface area contributed by atoms with Crippen LogP contribution in [0.25, 0.3) is 0 Å². The highest BCUT2D eigenvalue weighted by Crippen LogP contribution is 2.39. The summed E-state index contributed by atoms with van der Waals surface area (Å²) in [6, 6.07) is 0.0245. The zero-order valence-electron chi connectivity index (χ0n) is 13.1. The Labute approximate surface area is 125 Å². The van der Waals surface area contributed by atoms with Crippen LogP contribution in [0.4, 0.5) is 0 Å². The summed E-state index contributed by atoms with van der Waals surface area (Å²) in [5.41, 5.74) is -1.89. The largest absolute Gasteiger partial charge is 0.633 e. The molecule has 2 rings (SSSR count). The second-order valence-corrected chi connectivity index (χ2v) is 6.91. The molecule has 6 nitrogen and oxygen atoms in total. The van der Waals surface area contributed by atoms with Crippen LogP contribution in [0.5, 0.6) is 0 Å². The first kappa shape index (κ1) is 16.7. The molecule has 0 aromatic carbocycles. The molecule has 0 spiro atoms. The van der Waals surface area contributed by atoms with Gasteiger partial charge in [0.25, 0.3) is 0 Å². The Morgan fingerprint density at radius 2 is 2.05 bits per heavy atom. The van der Waals surface area contributed by atoms with Crippen molar-refractivity contribution in [2.24, 2.45) is 11.8 Å². The second-order valence-electron chi connectivity index (χ2n) is 6.91. The fraction of sp³-hybridized carbons (Fsp3) is 0.933. The predicted molar refractivity (Wildman–Crippen MR) is 76.9 cm³/mol. The van der Waals surface area contributed by atoms with Gasteiger partial charge in [-0.15, -0.1) is 0 Å². The van der Waals surface area contributed by atoms with Crippen molar-refractivity contribution < 1.29 is 24.4 Å². The Morgan fingerprint density at radius 1 is 1.38 bits per heavy atom. The molecule has 5 atom stereocenters. The third-order valence-electron chi connectivity index (χ3n) is 5.34. The third-order valence-corrected chi connectivity index (χ3v) is 5.34. The lowest BCUT2D eigenvalue weighted by atomic mass is 9.85. The van der Waals surface area contributed by atoms with Gasteiger partial charge in [0.15, 0.2) is 5.60 Å². The molecular formula is C15H27NO5. The topological polar surface area (TPSA) is 89.8 Å². The number of ether oxygens (including phenoxy) is 1. The first-order valence-electron chi connectivity index (χ1n) is 7.87. The molecule has 0 amide bonds. The van der Waals surface area contributed by atoms with Gasteiger partial charge in [0.2, 0.25) is 0 Å². The molecule has 6 heteroatoms. The maximum absolute atomic E-state index is 12.4. The number of esters is 1. The van der Waals surface area contributed by atoms with Crippen LogP contribution in [0.3, 0.4) is 0 Å². The maximum Gasteiger partial charge on any atom is 0.341 e. The van der Waals surface area contributed by atoms with E-state index >= 15 is 0 Å². The molecule has 0 radical (unpaired) electrons. The first-order valence-corrected chi connectivity index (χ1v) is 7.87. The number of fused-ring (bicyclic) bond motifs is 1. The molecule has 122 valence electrons. The van der Waals surface area contributed by atoms with E-state index in [1.165, 1.54) is 6.92 Å². The molecule has 2 fully saturated rings. The van der Waals surface area contributed by atoms with Gasteiger partial charge in [0, 0.05) is 19.3 Å². The van der Waals surface area contributed by atoms with Crippen LogP contribution in [0.15, 0.2) is 0 Å². The Balaban J connectivity index is 1.95. The molecule has 2 heterocycles. The molecule has 0 saturated carbocycles. The van der Waals surface area contributed by atoms with Crippen LogP contribution in [-0.2, 0) is 9.53 Å². The van der Waals surface area contributed by atoms with Gasteiger partial charge in [-0.3, -0.25) is 0 Å². The number of aliphatic hydroxyl groups is 2. The van der Waals surface area contributed by atoms with Gasteiger partial charge < -0.3 is 24.8 Å². The third kappa shape index (κ3) is 2.82. The molecule has 2 saturated heterocycles. The molecule has 2 aliphatic heterocycles. The van der Waals surface area contributed by atoms with Crippen LogP contribution >= 0.6 is 0 Å². The van der Waals surface area contributed by atoms with E-state index in [1.54, 1.807) is 13.8 Å². The molecule has 21 heavy (non-hydrogen) atoms. The van der Waals surface area contributed by atoms with Crippen molar-refractivity contribution in [3.63, 3.8) is 0 Å². The molecule has 0 aliphatic carbocycles. The minimum absolute atomic E-state index is 0.0245. The van der Waals surface area contributed by atoms with Gasteiger partial charge >= 0.3 is 5.97 Å². The lowest BCUT2D eigenvalue weighted by Gasteiger charge is -2.40. The van der Waals surface area contributed by atoms with Gasteiger partial charge in [-0.2, -0.15) is 0 Å². The molecule has 2 aliphatic rings. The van der Waals surface area contributed by atoms with Crippen LogP contribution < -0.4 is 0 Å². The van der Waals surface area contributed by atoms with E-state index in [1.807, 2.05) is 0 Å². The van der Waals surface area contributed by atoms with Crippen molar-refractivity contribution >= 4 is 5.97 Å². The minimum atomic E-state index is -1.89. The van der Waals surface area contributed by atoms with Gasteiger partial charge in [-0.25, -0.2) is 4.79 Å². The van der Waals surface area contributed by atoms with Crippen LogP contribution in [0.2, 0.25) is 0 Å². The number of carbonyl (C=O) groups is 1. The lowest BCUT2D eigenvalue weighted by molar-refractivity contribution is -0.881. The number of carbonyl (C=O) groups excluding carboxylic acids is 1. The average molecular weight is 301 g/mol. The van der Waals surface area contributed by atoms with Crippen LogP contribution in [-0.4, -0.2) is 58.3 Å². The molecule has 0 aromatic heterocycles. The van der Waals surface area contributed by atoms with Gasteiger partial charge in [-0.1, -0.05) is 13.8 Å². The quantitative estimate of drug-likeness (QED) is 0.445. The summed E-state index contributed by atoms with van der Waals surface area (Å²) in [7, 11) is 0. The highest BCUT2D eigenvalue weighted by molar-refractivity contribution is 5.80. The highest BCUT2D eigenvalue weighted by atomic mass is 16.6. The van der Waals surface area contributed by atoms with E-state index in [0.717, 1.165) is 19.3 Å². The SMILES string of the molecule is CC(C)[C@](O)(C(=O)OC[C@@H]1CC[N@+]2([O-])CCC[C@@H]12)[C@H](C)O. The van der Waals surface area contributed by atoms with Gasteiger partial charge in [0.05, 0.1) is 31.2 Å². The van der Waals surface area contributed by atoms with Crippen molar-refractivity contribution in [2.45, 2.75) is 57.8 Å². The summed E-state index contributed by atoms with van der Waals surface area (Å²) in [6.45, 7) is 6.14. The summed E-state index contributed by atoms with van der Waals surface area (Å²) in [6.07, 6.45) is 1.38. The van der Waals surface area contributed by atoms with E-state index in [-0.39, 0.29) is 23.2 Å². The first-order chi connectivity index (χ1) is 9.71. The maximum atomic E-state index is 12.4. The number of aliphatic hydroxyl groups excluding tert-OH is 1. The van der Waals surface area contributed by atoms with Crippen molar-refractivity contribution in [1.29, 1.82) is 0 Å². The summed E-state index contributed by atoms with van der Waals surface area (Å²) in [5, 5.41) is 32.5. The molecule has 0 bridgehead atoms. The molecule has 0 aromatic rings. The number of quaternary nitrogens is 1. The van der Waals surface area contributed by atoms with E-state index in [0.29, 0.717) is 13.1 Å². The summed E-state index contributed by atoms with van der Waals surface area (Å²) in [5.74, 6) is -1.17. The Morgan fingerprint density at radius 3 is 2.62 bits per heavy atom. The number of nitrogens with zero attached hydrogens (tertiary/aromatic N) is 1.